The van der Waals surface area contributed by atoms with Gasteiger partial charge in [0.1, 0.15) is 5.69 Å². The first-order valence-electron chi connectivity index (χ1n) is 18.9. The predicted octanol–water partition coefficient (Wildman–Crippen LogP) is 12.8. The van der Waals surface area contributed by atoms with Gasteiger partial charge in [-0.25, -0.2) is 9.97 Å². The van der Waals surface area contributed by atoms with Crippen LogP contribution in [0, 0.1) is 0 Å². The second kappa shape index (κ2) is 11.1. The van der Waals surface area contributed by atoms with Gasteiger partial charge in [-0.05, 0) is 116 Å². The molecule has 0 radical (unpaired) electrons. The van der Waals surface area contributed by atoms with E-state index in [2.05, 4.69) is 157 Å². The van der Waals surface area contributed by atoms with E-state index >= 15 is 0 Å². The zero-order chi connectivity index (χ0) is 38.3. The van der Waals surface area contributed by atoms with Gasteiger partial charge < -0.3 is 4.57 Å². The monoisotopic (exact) mass is 736 g/mol. The summed E-state index contributed by atoms with van der Waals surface area (Å²) in [5.41, 5.74) is 16.1. The van der Waals surface area contributed by atoms with Crippen molar-refractivity contribution in [2.45, 2.75) is 44.7 Å². The molecule has 272 valence electrons. The summed E-state index contributed by atoms with van der Waals surface area (Å²) in [4.78, 5) is 8.01. The van der Waals surface area contributed by atoms with Crippen LogP contribution in [-0.2, 0) is 17.0 Å². The average Bonchev–Trinajstić information content (AvgIpc) is 3.90. The number of halogens is 3. The molecule has 0 amide bonds. The summed E-state index contributed by atoms with van der Waals surface area (Å²) >= 11 is 0. The van der Waals surface area contributed by atoms with E-state index in [0.29, 0.717) is 5.69 Å². The van der Waals surface area contributed by atoms with Crippen LogP contribution in [0.2, 0.25) is 0 Å². The van der Waals surface area contributed by atoms with Gasteiger partial charge in [-0.2, -0.15) is 13.2 Å². The fraction of sp³-hybridized carbons (Fsp3) is 0.143. The third kappa shape index (κ3) is 4.48. The van der Waals surface area contributed by atoms with Gasteiger partial charge in [0.2, 0.25) is 5.78 Å². The fourth-order valence-electron chi connectivity index (χ4n) is 9.55. The van der Waals surface area contributed by atoms with Crippen LogP contribution in [0.15, 0.2) is 140 Å². The maximum atomic E-state index is 13.4. The molecular weight excluding hydrogens is 702 g/mol. The van der Waals surface area contributed by atoms with Gasteiger partial charge in [0.05, 0.1) is 22.9 Å². The van der Waals surface area contributed by atoms with Crippen molar-refractivity contribution in [1.82, 2.24) is 18.9 Å². The van der Waals surface area contributed by atoms with Crippen LogP contribution >= 0.6 is 0 Å². The van der Waals surface area contributed by atoms with E-state index in [-0.39, 0.29) is 16.6 Å². The molecule has 2 aliphatic rings. The lowest BCUT2D eigenvalue weighted by molar-refractivity contribution is -0.141. The van der Waals surface area contributed by atoms with Crippen molar-refractivity contribution in [2.24, 2.45) is 0 Å². The van der Waals surface area contributed by atoms with Crippen LogP contribution in [0.4, 0.5) is 13.2 Å². The standard InChI is InChI=1S/C49H35F3N4/c1-47(2)38-23-29(28-16-19-43-37(22-28)34-12-8-9-13-42(34)56(43)31-10-6-5-7-11-31)14-17-32(38)35-25-41-36(26-40(35)47)33-18-15-30(24-39(33)48(41,3)4)44-27-53-46-54-45(49(50,51)52)20-21-55(44)46/h5-27H,1-4H3. The van der Waals surface area contributed by atoms with Crippen molar-refractivity contribution >= 4 is 27.6 Å². The highest BCUT2D eigenvalue weighted by Crippen LogP contribution is 2.57. The molecule has 11 rings (SSSR count). The second-order valence-electron chi connectivity index (χ2n) is 16.3. The molecule has 56 heavy (non-hydrogen) atoms. The first-order chi connectivity index (χ1) is 26.9. The van der Waals surface area contributed by atoms with E-state index in [4.69, 9.17) is 0 Å². The Hall–Kier alpha value is -6.47. The van der Waals surface area contributed by atoms with Gasteiger partial charge in [-0.1, -0.05) is 94.4 Å². The molecule has 0 N–H and O–H groups in total. The Kier molecular flexibility index (Phi) is 6.51. The van der Waals surface area contributed by atoms with E-state index in [1.54, 1.807) is 10.6 Å². The van der Waals surface area contributed by atoms with Gasteiger partial charge in [-0.15, -0.1) is 0 Å². The van der Waals surface area contributed by atoms with Crippen LogP contribution < -0.4 is 0 Å². The van der Waals surface area contributed by atoms with Crippen LogP contribution in [0.3, 0.4) is 0 Å². The summed E-state index contributed by atoms with van der Waals surface area (Å²) in [7, 11) is 0. The fourth-order valence-corrected chi connectivity index (χ4v) is 9.55. The summed E-state index contributed by atoms with van der Waals surface area (Å²) in [6.45, 7) is 9.18. The summed E-state index contributed by atoms with van der Waals surface area (Å²) in [6, 6.07) is 45.2. The average molecular weight is 737 g/mol. The number of aromatic nitrogens is 4. The van der Waals surface area contributed by atoms with Crippen LogP contribution in [0.1, 0.15) is 55.6 Å². The van der Waals surface area contributed by atoms with Gasteiger partial charge in [0, 0.05) is 39.1 Å². The molecule has 3 heterocycles. The Morgan fingerprint density at radius 2 is 1.11 bits per heavy atom. The Morgan fingerprint density at radius 1 is 0.536 bits per heavy atom. The number of rotatable bonds is 3. The minimum atomic E-state index is -4.53. The van der Waals surface area contributed by atoms with Crippen molar-refractivity contribution in [1.29, 1.82) is 0 Å². The SMILES string of the molecule is CC1(C)c2cc(-c3ccc4c(c3)c3ccccc3n4-c3ccccc3)ccc2-c2cc3c(cc21)-c1ccc(-c2cnc4nc(C(F)(F)F)ccn24)cc1C3(C)C. The summed E-state index contributed by atoms with van der Waals surface area (Å²) < 4.78 is 44.0. The molecule has 7 heteroatoms. The van der Waals surface area contributed by atoms with Crippen molar-refractivity contribution < 1.29 is 13.2 Å². The molecule has 0 saturated carbocycles. The Labute approximate surface area is 321 Å². The quantitative estimate of drug-likeness (QED) is 0.181. The number of hydrogen-bond donors (Lipinski definition) is 0. The zero-order valence-electron chi connectivity index (χ0n) is 31.2. The van der Waals surface area contributed by atoms with Gasteiger partial charge in [0.25, 0.3) is 0 Å². The van der Waals surface area contributed by atoms with Gasteiger partial charge >= 0.3 is 6.18 Å². The van der Waals surface area contributed by atoms with Crippen molar-refractivity contribution in [3.63, 3.8) is 0 Å². The first-order valence-corrected chi connectivity index (χ1v) is 18.9. The maximum Gasteiger partial charge on any atom is 0.433 e. The molecule has 0 fully saturated rings. The van der Waals surface area contributed by atoms with Gasteiger partial charge in [-0.3, -0.25) is 4.40 Å². The Bertz CT molecular complexity index is 3130. The minimum Gasteiger partial charge on any atom is -0.309 e. The lowest BCUT2D eigenvalue weighted by Crippen LogP contribution is -2.17. The molecule has 3 aromatic heterocycles. The highest BCUT2D eigenvalue weighted by atomic mass is 19.4. The smallest absolute Gasteiger partial charge is 0.309 e. The number of nitrogens with zero attached hydrogens (tertiary/aromatic N) is 4. The van der Waals surface area contributed by atoms with Crippen molar-refractivity contribution in [3.05, 3.63) is 168 Å². The number of para-hydroxylation sites is 2. The van der Waals surface area contributed by atoms with Gasteiger partial charge in [0.15, 0.2) is 0 Å². The molecule has 2 aliphatic carbocycles. The molecule has 0 aliphatic heterocycles. The van der Waals surface area contributed by atoms with Crippen molar-refractivity contribution in [3.8, 4) is 50.3 Å². The summed E-state index contributed by atoms with van der Waals surface area (Å²) in [6.07, 6.45) is -1.53. The van der Waals surface area contributed by atoms with E-state index in [0.717, 1.165) is 17.3 Å². The molecule has 6 aromatic carbocycles. The largest absolute Gasteiger partial charge is 0.433 e. The molecule has 0 spiro atoms. The minimum absolute atomic E-state index is 0.0227. The van der Waals surface area contributed by atoms with Crippen LogP contribution in [-0.4, -0.2) is 18.9 Å². The summed E-state index contributed by atoms with van der Waals surface area (Å²) in [5, 5.41) is 2.47. The Balaban J connectivity index is 0.982. The highest BCUT2D eigenvalue weighted by molar-refractivity contribution is 6.10. The molecule has 9 aromatic rings. The van der Waals surface area contributed by atoms with Crippen molar-refractivity contribution in [2.75, 3.05) is 0 Å². The molecule has 0 atom stereocenters. The zero-order valence-corrected chi connectivity index (χ0v) is 31.2. The van der Waals surface area contributed by atoms with E-state index in [1.165, 1.54) is 83.6 Å². The number of benzene rings is 6. The number of hydrogen-bond acceptors (Lipinski definition) is 2. The molecule has 0 saturated heterocycles. The molecule has 0 bridgehead atoms. The van der Waals surface area contributed by atoms with E-state index in [1.807, 2.05) is 6.07 Å². The first kappa shape index (κ1) is 32.9. The summed E-state index contributed by atoms with van der Waals surface area (Å²) in [5.74, 6) is 0.0227. The normalized spacial score (nSPS) is 15.0. The molecule has 0 unspecified atom stereocenters. The Morgan fingerprint density at radius 3 is 1.80 bits per heavy atom. The number of alkyl halides is 3. The number of fused-ring (bicyclic) bond motifs is 10. The maximum absolute atomic E-state index is 13.4. The van der Waals surface area contributed by atoms with E-state index < -0.39 is 11.9 Å². The predicted molar refractivity (Wildman–Crippen MR) is 218 cm³/mol. The third-order valence-electron chi connectivity index (χ3n) is 12.5. The topological polar surface area (TPSA) is 35.1 Å². The highest BCUT2D eigenvalue weighted by Gasteiger charge is 2.42. The van der Waals surface area contributed by atoms with Crippen LogP contribution in [0.5, 0.6) is 0 Å². The second-order valence-corrected chi connectivity index (χ2v) is 16.3. The molecule has 4 nitrogen and oxygen atoms in total. The lowest BCUT2D eigenvalue weighted by Gasteiger charge is -2.24. The molecular formula is C49H35F3N4. The van der Waals surface area contributed by atoms with E-state index in [9.17, 15) is 13.2 Å². The third-order valence-corrected chi connectivity index (χ3v) is 12.5. The van der Waals surface area contributed by atoms with Crippen LogP contribution in [0.25, 0.3) is 77.9 Å². The number of imidazole rings is 1. The lowest BCUT2D eigenvalue weighted by atomic mass is 9.79.